The molecule has 2 heteroatoms. The van der Waals surface area contributed by atoms with Gasteiger partial charge in [-0.05, 0) is 18.1 Å². The first-order valence-corrected chi connectivity index (χ1v) is 4.81. The Morgan fingerprint density at radius 1 is 1.36 bits per heavy atom. The molecule has 0 saturated heterocycles. The van der Waals surface area contributed by atoms with Gasteiger partial charge in [0.1, 0.15) is 0 Å². The van der Waals surface area contributed by atoms with Crippen LogP contribution in [0.3, 0.4) is 0 Å². The summed E-state index contributed by atoms with van der Waals surface area (Å²) in [5.74, 6) is -0.0318. The van der Waals surface area contributed by atoms with Gasteiger partial charge in [-0.15, -0.1) is 0 Å². The number of rotatable bonds is 4. The number of hydrogen-bond donors (Lipinski definition) is 1. The van der Waals surface area contributed by atoms with E-state index in [1.165, 1.54) is 0 Å². The zero-order valence-corrected chi connectivity index (χ0v) is 8.36. The Morgan fingerprint density at radius 3 is 2.71 bits per heavy atom. The van der Waals surface area contributed by atoms with Crippen LogP contribution in [0.4, 0.5) is 0 Å². The highest BCUT2D eigenvalue weighted by atomic mass is 16.1. The summed E-state index contributed by atoms with van der Waals surface area (Å²) in [4.78, 5) is 11.2. The fraction of sp³-hybridized carbons (Fsp3) is 0.250. The SMILES string of the molecule is CC/C=C/C(=O)NCc1ccccc1. The largest absolute Gasteiger partial charge is 0.348 e. The molecule has 1 aromatic carbocycles. The molecule has 0 aliphatic heterocycles. The number of allylic oxidation sites excluding steroid dienone is 1. The summed E-state index contributed by atoms with van der Waals surface area (Å²) in [6.45, 7) is 2.59. The third-order valence-electron chi connectivity index (χ3n) is 1.81. The third-order valence-corrected chi connectivity index (χ3v) is 1.81. The van der Waals surface area contributed by atoms with Crippen molar-refractivity contribution in [3.63, 3.8) is 0 Å². The van der Waals surface area contributed by atoms with Crippen LogP contribution < -0.4 is 5.32 Å². The van der Waals surface area contributed by atoms with E-state index in [9.17, 15) is 4.79 Å². The molecule has 0 heterocycles. The molecule has 0 bridgehead atoms. The standard InChI is InChI=1S/C12H15NO/c1-2-3-9-12(14)13-10-11-7-5-4-6-8-11/h3-9H,2,10H2,1H3,(H,13,14)/b9-3+. The highest BCUT2D eigenvalue weighted by molar-refractivity contribution is 5.87. The molecule has 1 amide bonds. The molecule has 0 aliphatic carbocycles. The Balaban J connectivity index is 2.34. The van der Waals surface area contributed by atoms with E-state index in [4.69, 9.17) is 0 Å². The number of carbonyl (C=O) groups excluding carboxylic acids is 1. The molecule has 0 unspecified atom stereocenters. The van der Waals surface area contributed by atoms with E-state index in [2.05, 4.69) is 5.32 Å². The van der Waals surface area contributed by atoms with Gasteiger partial charge in [0.15, 0.2) is 0 Å². The van der Waals surface area contributed by atoms with Crippen LogP contribution in [-0.2, 0) is 11.3 Å². The Morgan fingerprint density at radius 2 is 2.07 bits per heavy atom. The van der Waals surface area contributed by atoms with Crippen molar-refractivity contribution < 1.29 is 4.79 Å². The van der Waals surface area contributed by atoms with Gasteiger partial charge in [-0.2, -0.15) is 0 Å². The first-order chi connectivity index (χ1) is 6.83. The topological polar surface area (TPSA) is 29.1 Å². The van der Waals surface area contributed by atoms with Crippen LogP contribution >= 0.6 is 0 Å². The smallest absolute Gasteiger partial charge is 0.243 e. The van der Waals surface area contributed by atoms with Crippen molar-refractivity contribution in [2.24, 2.45) is 0 Å². The predicted molar refractivity (Wildman–Crippen MR) is 57.7 cm³/mol. The Bertz CT molecular complexity index is 303. The molecule has 14 heavy (non-hydrogen) atoms. The van der Waals surface area contributed by atoms with Crippen LogP contribution in [0.25, 0.3) is 0 Å². The minimum atomic E-state index is -0.0318. The molecular formula is C12H15NO. The van der Waals surface area contributed by atoms with E-state index < -0.39 is 0 Å². The van der Waals surface area contributed by atoms with Gasteiger partial charge in [0, 0.05) is 6.54 Å². The van der Waals surface area contributed by atoms with Crippen LogP contribution in [0.5, 0.6) is 0 Å². The Hall–Kier alpha value is -1.57. The van der Waals surface area contributed by atoms with Crippen LogP contribution in [0, 0.1) is 0 Å². The maximum atomic E-state index is 11.2. The average Bonchev–Trinajstić information content (AvgIpc) is 2.25. The summed E-state index contributed by atoms with van der Waals surface area (Å²) in [6.07, 6.45) is 4.31. The molecule has 0 atom stereocenters. The van der Waals surface area contributed by atoms with E-state index in [1.54, 1.807) is 6.08 Å². The summed E-state index contributed by atoms with van der Waals surface area (Å²) in [6, 6.07) is 9.86. The molecule has 0 saturated carbocycles. The first kappa shape index (κ1) is 10.5. The fourth-order valence-corrected chi connectivity index (χ4v) is 1.07. The summed E-state index contributed by atoms with van der Waals surface area (Å²) in [5, 5.41) is 2.81. The monoisotopic (exact) mass is 189 g/mol. The molecule has 74 valence electrons. The van der Waals surface area contributed by atoms with Crippen molar-refractivity contribution in [2.45, 2.75) is 19.9 Å². The maximum Gasteiger partial charge on any atom is 0.243 e. The molecule has 1 rings (SSSR count). The van der Waals surface area contributed by atoms with Gasteiger partial charge < -0.3 is 5.32 Å². The van der Waals surface area contributed by atoms with E-state index in [1.807, 2.05) is 43.3 Å². The van der Waals surface area contributed by atoms with Gasteiger partial charge in [-0.3, -0.25) is 4.79 Å². The number of hydrogen-bond acceptors (Lipinski definition) is 1. The summed E-state index contributed by atoms with van der Waals surface area (Å²) < 4.78 is 0. The number of amides is 1. The number of benzene rings is 1. The minimum absolute atomic E-state index is 0.0318. The van der Waals surface area contributed by atoms with Crippen LogP contribution in [0.2, 0.25) is 0 Å². The van der Waals surface area contributed by atoms with E-state index in [-0.39, 0.29) is 5.91 Å². The molecule has 1 aromatic rings. The van der Waals surface area contributed by atoms with Crippen LogP contribution in [0.1, 0.15) is 18.9 Å². The number of carbonyl (C=O) groups is 1. The lowest BCUT2D eigenvalue weighted by atomic mass is 10.2. The zero-order valence-electron chi connectivity index (χ0n) is 8.36. The lowest BCUT2D eigenvalue weighted by Gasteiger charge is -2.01. The van der Waals surface area contributed by atoms with Crippen molar-refractivity contribution in [3.05, 3.63) is 48.0 Å². The second-order valence-corrected chi connectivity index (χ2v) is 3.01. The van der Waals surface area contributed by atoms with Gasteiger partial charge in [-0.25, -0.2) is 0 Å². The Kier molecular flexibility index (Phi) is 4.48. The van der Waals surface area contributed by atoms with Gasteiger partial charge in [-0.1, -0.05) is 43.3 Å². The van der Waals surface area contributed by atoms with Gasteiger partial charge in [0.25, 0.3) is 0 Å². The predicted octanol–water partition coefficient (Wildman–Crippen LogP) is 2.27. The van der Waals surface area contributed by atoms with Crippen molar-refractivity contribution in [1.82, 2.24) is 5.32 Å². The summed E-state index contributed by atoms with van der Waals surface area (Å²) >= 11 is 0. The molecule has 0 aliphatic rings. The second kappa shape index (κ2) is 5.97. The van der Waals surface area contributed by atoms with E-state index in [0.717, 1.165) is 12.0 Å². The molecule has 0 fully saturated rings. The third kappa shape index (κ3) is 3.90. The lowest BCUT2D eigenvalue weighted by Crippen LogP contribution is -2.20. The van der Waals surface area contributed by atoms with Gasteiger partial charge in [0.05, 0.1) is 0 Å². The molecule has 1 N–H and O–H groups in total. The zero-order chi connectivity index (χ0) is 10.2. The average molecular weight is 189 g/mol. The summed E-state index contributed by atoms with van der Waals surface area (Å²) in [5.41, 5.74) is 1.12. The van der Waals surface area contributed by atoms with Crippen molar-refractivity contribution in [2.75, 3.05) is 0 Å². The molecule has 0 spiro atoms. The fourth-order valence-electron chi connectivity index (χ4n) is 1.07. The van der Waals surface area contributed by atoms with E-state index >= 15 is 0 Å². The van der Waals surface area contributed by atoms with Crippen molar-refractivity contribution in [1.29, 1.82) is 0 Å². The highest BCUT2D eigenvalue weighted by Crippen LogP contribution is 1.96. The molecule has 2 nitrogen and oxygen atoms in total. The number of nitrogens with one attached hydrogen (secondary N) is 1. The quantitative estimate of drug-likeness (QED) is 0.723. The van der Waals surface area contributed by atoms with Crippen LogP contribution in [0.15, 0.2) is 42.5 Å². The van der Waals surface area contributed by atoms with Gasteiger partial charge in [0.2, 0.25) is 5.91 Å². The maximum absolute atomic E-state index is 11.2. The molecule has 0 aromatic heterocycles. The summed E-state index contributed by atoms with van der Waals surface area (Å²) in [7, 11) is 0. The van der Waals surface area contributed by atoms with Crippen LogP contribution in [-0.4, -0.2) is 5.91 Å². The minimum Gasteiger partial charge on any atom is -0.348 e. The lowest BCUT2D eigenvalue weighted by molar-refractivity contribution is -0.116. The second-order valence-electron chi connectivity index (χ2n) is 3.01. The first-order valence-electron chi connectivity index (χ1n) is 4.81. The van der Waals surface area contributed by atoms with Crippen molar-refractivity contribution in [3.8, 4) is 0 Å². The van der Waals surface area contributed by atoms with Gasteiger partial charge >= 0.3 is 0 Å². The highest BCUT2D eigenvalue weighted by Gasteiger charge is 1.94. The molecule has 0 radical (unpaired) electrons. The van der Waals surface area contributed by atoms with Crippen molar-refractivity contribution >= 4 is 5.91 Å². The molecular weight excluding hydrogens is 174 g/mol. The normalized spacial score (nSPS) is 10.4. The van der Waals surface area contributed by atoms with E-state index in [0.29, 0.717) is 6.54 Å². The Labute approximate surface area is 84.6 Å².